The SMILES string of the molecule is CC(CNC(=O)OC(C)(C)C)Nc1ccc2c(c1)NC(=O)CS2. The fourth-order valence-corrected chi connectivity index (χ4v) is 2.85. The molecule has 23 heavy (non-hydrogen) atoms. The normalized spacial score (nSPS) is 15.2. The summed E-state index contributed by atoms with van der Waals surface area (Å²) in [4.78, 5) is 24.1. The number of rotatable bonds is 4. The lowest BCUT2D eigenvalue weighted by atomic mass is 10.2. The monoisotopic (exact) mass is 337 g/mol. The molecule has 0 radical (unpaired) electrons. The van der Waals surface area contributed by atoms with Gasteiger partial charge >= 0.3 is 6.09 Å². The molecule has 0 aromatic heterocycles. The number of fused-ring (bicyclic) bond motifs is 1. The Morgan fingerprint density at radius 3 is 2.87 bits per heavy atom. The molecule has 1 aliphatic heterocycles. The van der Waals surface area contributed by atoms with Crippen molar-refractivity contribution < 1.29 is 14.3 Å². The molecule has 126 valence electrons. The van der Waals surface area contributed by atoms with Crippen LogP contribution in [0.1, 0.15) is 27.7 Å². The van der Waals surface area contributed by atoms with Crippen LogP contribution in [-0.4, -0.2) is 35.9 Å². The quantitative estimate of drug-likeness (QED) is 0.787. The molecular formula is C16H23N3O3S. The number of anilines is 2. The predicted octanol–water partition coefficient (Wildman–Crippen LogP) is 3.06. The van der Waals surface area contributed by atoms with Crippen molar-refractivity contribution in [2.45, 2.75) is 44.2 Å². The van der Waals surface area contributed by atoms with Gasteiger partial charge in [-0.2, -0.15) is 0 Å². The third-order valence-corrected chi connectivity index (χ3v) is 4.05. The van der Waals surface area contributed by atoms with Crippen molar-refractivity contribution in [2.75, 3.05) is 22.9 Å². The highest BCUT2D eigenvalue weighted by Gasteiger charge is 2.17. The number of nitrogens with one attached hydrogen (secondary N) is 3. The van der Waals surface area contributed by atoms with Crippen molar-refractivity contribution in [3.05, 3.63) is 18.2 Å². The first-order chi connectivity index (χ1) is 10.7. The maximum absolute atomic E-state index is 11.6. The minimum atomic E-state index is -0.505. The fraction of sp³-hybridized carbons (Fsp3) is 0.500. The van der Waals surface area contributed by atoms with Gasteiger partial charge in [0, 0.05) is 23.2 Å². The molecule has 7 heteroatoms. The summed E-state index contributed by atoms with van der Waals surface area (Å²) >= 11 is 1.53. The first kappa shape index (κ1) is 17.5. The molecular weight excluding hydrogens is 314 g/mol. The van der Waals surface area contributed by atoms with Crippen LogP contribution in [0.2, 0.25) is 0 Å². The van der Waals surface area contributed by atoms with Crippen LogP contribution in [0.25, 0.3) is 0 Å². The zero-order chi connectivity index (χ0) is 17.0. The number of hydrogen-bond acceptors (Lipinski definition) is 5. The number of amides is 2. The molecule has 0 aliphatic carbocycles. The van der Waals surface area contributed by atoms with E-state index >= 15 is 0 Å². The Kier molecular flexibility index (Phi) is 5.41. The summed E-state index contributed by atoms with van der Waals surface area (Å²) in [6, 6.07) is 5.87. The van der Waals surface area contributed by atoms with Gasteiger partial charge in [-0.1, -0.05) is 0 Å². The Labute approximate surface area is 140 Å². The lowest BCUT2D eigenvalue weighted by molar-refractivity contribution is -0.113. The lowest BCUT2D eigenvalue weighted by Crippen LogP contribution is -2.38. The standard InChI is InChI=1S/C16H23N3O3S/c1-10(8-17-15(21)22-16(2,3)4)18-11-5-6-13-12(7-11)19-14(20)9-23-13/h5-7,10,18H,8-9H2,1-4H3,(H,17,21)(H,19,20). The van der Waals surface area contributed by atoms with Gasteiger partial charge in [-0.15, -0.1) is 11.8 Å². The van der Waals surface area contributed by atoms with Gasteiger partial charge in [-0.25, -0.2) is 4.79 Å². The number of alkyl carbamates (subject to hydrolysis) is 1. The van der Waals surface area contributed by atoms with Crippen LogP contribution in [-0.2, 0) is 9.53 Å². The summed E-state index contributed by atoms with van der Waals surface area (Å²) in [5.41, 5.74) is 1.21. The molecule has 2 amide bonds. The number of benzene rings is 1. The predicted molar refractivity (Wildman–Crippen MR) is 93.1 cm³/mol. The van der Waals surface area contributed by atoms with Crippen molar-refractivity contribution in [3.63, 3.8) is 0 Å². The number of carbonyl (C=O) groups is 2. The lowest BCUT2D eigenvalue weighted by Gasteiger charge is -2.22. The molecule has 1 aromatic carbocycles. The molecule has 1 atom stereocenters. The van der Waals surface area contributed by atoms with Gasteiger partial charge in [0.05, 0.1) is 11.4 Å². The number of ether oxygens (including phenoxy) is 1. The van der Waals surface area contributed by atoms with Crippen LogP contribution in [0.4, 0.5) is 16.2 Å². The van der Waals surface area contributed by atoms with E-state index in [0.717, 1.165) is 16.3 Å². The maximum atomic E-state index is 11.6. The molecule has 0 saturated heterocycles. The second-order valence-corrected chi connectivity index (χ2v) is 7.49. The summed E-state index contributed by atoms with van der Waals surface area (Å²) in [6.45, 7) is 7.88. The Morgan fingerprint density at radius 1 is 1.43 bits per heavy atom. The number of hydrogen-bond donors (Lipinski definition) is 3. The molecule has 2 rings (SSSR count). The van der Waals surface area contributed by atoms with Gasteiger partial charge in [0.1, 0.15) is 5.60 Å². The molecule has 0 bridgehead atoms. The third kappa shape index (κ3) is 5.67. The molecule has 3 N–H and O–H groups in total. The summed E-state index contributed by atoms with van der Waals surface area (Å²) in [7, 11) is 0. The van der Waals surface area contributed by atoms with Crippen molar-refractivity contribution in [3.8, 4) is 0 Å². The van der Waals surface area contributed by atoms with Crippen molar-refractivity contribution >= 4 is 35.1 Å². The smallest absolute Gasteiger partial charge is 0.407 e. The molecule has 0 fully saturated rings. The van der Waals surface area contributed by atoms with E-state index in [1.165, 1.54) is 11.8 Å². The summed E-state index contributed by atoms with van der Waals surface area (Å²) in [6.07, 6.45) is -0.430. The highest BCUT2D eigenvalue weighted by molar-refractivity contribution is 8.00. The minimum absolute atomic E-state index is 0.0132. The van der Waals surface area contributed by atoms with E-state index in [4.69, 9.17) is 4.74 Å². The van der Waals surface area contributed by atoms with Gasteiger partial charge in [-0.05, 0) is 45.9 Å². The second-order valence-electron chi connectivity index (χ2n) is 6.48. The molecule has 1 aliphatic rings. The highest BCUT2D eigenvalue weighted by atomic mass is 32.2. The van der Waals surface area contributed by atoms with E-state index in [1.807, 2.05) is 45.9 Å². The van der Waals surface area contributed by atoms with Crippen molar-refractivity contribution in [1.29, 1.82) is 0 Å². The largest absolute Gasteiger partial charge is 0.444 e. The van der Waals surface area contributed by atoms with E-state index in [9.17, 15) is 9.59 Å². The summed E-state index contributed by atoms with van der Waals surface area (Å²) in [5, 5.41) is 8.89. The third-order valence-electron chi connectivity index (χ3n) is 2.98. The molecule has 1 aromatic rings. The van der Waals surface area contributed by atoms with Crippen LogP contribution < -0.4 is 16.0 Å². The zero-order valence-corrected chi connectivity index (χ0v) is 14.7. The van der Waals surface area contributed by atoms with Crippen LogP contribution in [0.5, 0.6) is 0 Å². The zero-order valence-electron chi connectivity index (χ0n) is 13.9. The summed E-state index contributed by atoms with van der Waals surface area (Å²) in [5.74, 6) is 0.468. The first-order valence-electron chi connectivity index (χ1n) is 7.53. The van der Waals surface area contributed by atoms with E-state index in [0.29, 0.717) is 12.3 Å². The van der Waals surface area contributed by atoms with Crippen LogP contribution in [0.3, 0.4) is 0 Å². The van der Waals surface area contributed by atoms with Gasteiger partial charge in [0.2, 0.25) is 5.91 Å². The Balaban J connectivity index is 1.86. The minimum Gasteiger partial charge on any atom is -0.444 e. The van der Waals surface area contributed by atoms with Gasteiger partial charge in [0.25, 0.3) is 0 Å². The molecule has 1 unspecified atom stereocenters. The van der Waals surface area contributed by atoms with E-state index in [2.05, 4.69) is 16.0 Å². The van der Waals surface area contributed by atoms with Crippen molar-refractivity contribution in [2.24, 2.45) is 0 Å². The van der Waals surface area contributed by atoms with Crippen molar-refractivity contribution in [1.82, 2.24) is 5.32 Å². The van der Waals surface area contributed by atoms with Gasteiger partial charge in [-0.3, -0.25) is 4.79 Å². The fourth-order valence-electron chi connectivity index (χ4n) is 2.06. The Hall–Kier alpha value is -1.89. The van der Waals surface area contributed by atoms with Crippen LogP contribution in [0, 0.1) is 0 Å². The van der Waals surface area contributed by atoms with E-state index in [1.54, 1.807) is 0 Å². The average Bonchev–Trinajstić information content (AvgIpc) is 2.43. The van der Waals surface area contributed by atoms with E-state index in [-0.39, 0.29) is 11.9 Å². The van der Waals surface area contributed by atoms with Gasteiger partial charge in [0.15, 0.2) is 0 Å². The molecule has 0 spiro atoms. The van der Waals surface area contributed by atoms with E-state index < -0.39 is 11.7 Å². The highest BCUT2D eigenvalue weighted by Crippen LogP contribution is 2.33. The topological polar surface area (TPSA) is 79.5 Å². The molecule has 1 heterocycles. The van der Waals surface area contributed by atoms with Crippen LogP contribution >= 0.6 is 11.8 Å². The van der Waals surface area contributed by atoms with Crippen LogP contribution in [0.15, 0.2) is 23.1 Å². The number of thioether (sulfide) groups is 1. The first-order valence-corrected chi connectivity index (χ1v) is 8.51. The Morgan fingerprint density at radius 2 is 2.17 bits per heavy atom. The summed E-state index contributed by atoms with van der Waals surface area (Å²) < 4.78 is 5.20. The van der Waals surface area contributed by atoms with Gasteiger partial charge < -0.3 is 20.7 Å². The Bertz CT molecular complexity index is 599. The molecule has 0 saturated carbocycles. The average molecular weight is 337 g/mol. The number of carbonyl (C=O) groups excluding carboxylic acids is 2. The second kappa shape index (κ2) is 7.12. The molecule has 6 nitrogen and oxygen atoms in total. The maximum Gasteiger partial charge on any atom is 0.407 e.